The SMILES string of the molecule is CSc1cccc(NC(=O)C2(c3ccc(F)cc3)CC2)c1. The minimum atomic E-state index is -0.483. The van der Waals surface area contributed by atoms with Gasteiger partial charge in [0.05, 0.1) is 5.41 Å². The first-order chi connectivity index (χ1) is 10.1. The third-order valence-electron chi connectivity index (χ3n) is 3.91. The second kappa shape index (κ2) is 5.53. The molecule has 0 aromatic heterocycles. The van der Waals surface area contributed by atoms with Crippen molar-refractivity contribution in [3.05, 3.63) is 59.9 Å². The van der Waals surface area contributed by atoms with E-state index in [1.54, 1.807) is 23.9 Å². The number of rotatable bonds is 4. The zero-order valence-corrected chi connectivity index (χ0v) is 12.5. The van der Waals surface area contributed by atoms with Crippen molar-refractivity contribution in [2.75, 3.05) is 11.6 Å². The maximum absolute atomic E-state index is 13.0. The number of thioether (sulfide) groups is 1. The molecule has 1 fully saturated rings. The Hall–Kier alpha value is -1.81. The highest BCUT2D eigenvalue weighted by Crippen LogP contribution is 2.49. The third-order valence-corrected chi connectivity index (χ3v) is 4.63. The van der Waals surface area contributed by atoms with Gasteiger partial charge in [-0.2, -0.15) is 0 Å². The maximum atomic E-state index is 13.0. The van der Waals surface area contributed by atoms with Gasteiger partial charge in [-0.15, -0.1) is 11.8 Å². The summed E-state index contributed by atoms with van der Waals surface area (Å²) in [5.74, 6) is -0.282. The lowest BCUT2D eigenvalue weighted by Crippen LogP contribution is -2.27. The molecule has 0 radical (unpaired) electrons. The Morgan fingerprint density at radius 2 is 1.90 bits per heavy atom. The van der Waals surface area contributed by atoms with Crippen LogP contribution in [-0.4, -0.2) is 12.2 Å². The number of nitrogens with one attached hydrogen (secondary N) is 1. The van der Waals surface area contributed by atoms with Crippen molar-refractivity contribution in [3.8, 4) is 0 Å². The lowest BCUT2D eigenvalue weighted by Gasteiger charge is -2.16. The summed E-state index contributed by atoms with van der Waals surface area (Å²) in [7, 11) is 0. The van der Waals surface area contributed by atoms with Crippen molar-refractivity contribution >= 4 is 23.4 Å². The normalized spacial score (nSPS) is 15.5. The first-order valence-electron chi connectivity index (χ1n) is 6.86. The smallest absolute Gasteiger partial charge is 0.235 e. The minimum absolute atomic E-state index is 0.00707. The highest BCUT2D eigenvalue weighted by Gasteiger charge is 2.51. The predicted octanol–water partition coefficient (Wildman–Crippen LogP) is 4.22. The fourth-order valence-electron chi connectivity index (χ4n) is 2.49. The van der Waals surface area contributed by atoms with Gasteiger partial charge in [0, 0.05) is 10.6 Å². The van der Waals surface area contributed by atoms with E-state index in [0.29, 0.717) is 0 Å². The Morgan fingerprint density at radius 1 is 1.19 bits per heavy atom. The van der Waals surface area contributed by atoms with Crippen molar-refractivity contribution in [2.45, 2.75) is 23.2 Å². The summed E-state index contributed by atoms with van der Waals surface area (Å²) in [6, 6.07) is 14.0. The number of hydrogen-bond acceptors (Lipinski definition) is 2. The van der Waals surface area contributed by atoms with Crippen LogP contribution in [0.4, 0.5) is 10.1 Å². The van der Waals surface area contributed by atoms with Crippen molar-refractivity contribution in [3.63, 3.8) is 0 Å². The summed E-state index contributed by atoms with van der Waals surface area (Å²) < 4.78 is 13.0. The van der Waals surface area contributed by atoms with Crippen LogP contribution in [0.5, 0.6) is 0 Å². The molecule has 0 spiro atoms. The molecule has 2 aromatic rings. The van der Waals surface area contributed by atoms with E-state index in [0.717, 1.165) is 29.0 Å². The van der Waals surface area contributed by atoms with Gasteiger partial charge in [0.1, 0.15) is 5.82 Å². The van der Waals surface area contributed by atoms with Gasteiger partial charge in [-0.1, -0.05) is 18.2 Å². The summed E-state index contributed by atoms with van der Waals surface area (Å²) in [6.45, 7) is 0. The minimum Gasteiger partial charge on any atom is -0.325 e. The Kier molecular flexibility index (Phi) is 3.72. The molecule has 0 unspecified atom stereocenters. The molecule has 2 aromatic carbocycles. The van der Waals surface area contributed by atoms with Gasteiger partial charge >= 0.3 is 0 Å². The molecule has 2 nitrogen and oxygen atoms in total. The molecule has 0 aliphatic heterocycles. The van der Waals surface area contributed by atoms with Crippen LogP contribution in [0, 0.1) is 5.82 Å². The number of halogens is 1. The molecule has 1 saturated carbocycles. The summed E-state index contributed by atoms with van der Waals surface area (Å²) in [4.78, 5) is 13.7. The van der Waals surface area contributed by atoms with Crippen LogP contribution in [0.1, 0.15) is 18.4 Å². The zero-order valence-electron chi connectivity index (χ0n) is 11.7. The Labute approximate surface area is 127 Å². The Bertz CT molecular complexity index is 665. The maximum Gasteiger partial charge on any atom is 0.235 e. The van der Waals surface area contributed by atoms with Crippen molar-refractivity contribution in [1.82, 2.24) is 0 Å². The first-order valence-corrected chi connectivity index (χ1v) is 8.08. The second-order valence-corrected chi connectivity index (χ2v) is 6.15. The van der Waals surface area contributed by atoms with E-state index in [1.165, 1.54) is 12.1 Å². The highest BCUT2D eigenvalue weighted by molar-refractivity contribution is 7.98. The Balaban J connectivity index is 1.80. The number of benzene rings is 2. The monoisotopic (exact) mass is 301 g/mol. The number of carbonyl (C=O) groups is 1. The molecule has 0 saturated heterocycles. The van der Waals surface area contributed by atoms with E-state index in [2.05, 4.69) is 5.32 Å². The number of hydrogen-bond donors (Lipinski definition) is 1. The largest absolute Gasteiger partial charge is 0.325 e. The quantitative estimate of drug-likeness (QED) is 0.857. The average Bonchev–Trinajstić information content (AvgIpc) is 3.30. The van der Waals surface area contributed by atoms with Crippen LogP contribution < -0.4 is 5.32 Å². The van der Waals surface area contributed by atoms with Gasteiger partial charge in [0.2, 0.25) is 5.91 Å². The first kappa shape index (κ1) is 14.1. The van der Waals surface area contributed by atoms with Crippen molar-refractivity contribution in [1.29, 1.82) is 0 Å². The van der Waals surface area contributed by atoms with Gasteiger partial charge in [-0.3, -0.25) is 4.79 Å². The zero-order chi connectivity index (χ0) is 14.9. The molecule has 4 heteroatoms. The van der Waals surface area contributed by atoms with Gasteiger partial charge in [-0.25, -0.2) is 4.39 Å². The molecule has 108 valence electrons. The Morgan fingerprint density at radius 3 is 2.52 bits per heavy atom. The summed E-state index contributed by atoms with van der Waals surface area (Å²) in [5.41, 5.74) is 1.21. The molecule has 1 N–H and O–H groups in total. The number of carbonyl (C=O) groups excluding carboxylic acids is 1. The van der Waals surface area contributed by atoms with Crippen LogP contribution in [-0.2, 0) is 10.2 Å². The molecule has 1 aliphatic carbocycles. The van der Waals surface area contributed by atoms with Crippen molar-refractivity contribution < 1.29 is 9.18 Å². The van der Waals surface area contributed by atoms with E-state index in [1.807, 2.05) is 30.5 Å². The standard InChI is InChI=1S/C17H16FNOS/c1-21-15-4-2-3-14(11-15)19-16(20)17(9-10-17)12-5-7-13(18)8-6-12/h2-8,11H,9-10H2,1H3,(H,19,20). The van der Waals surface area contributed by atoms with Crippen LogP contribution in [0.25, 0.3) is 0 Å². The molecule has 3 rings (SSSR count). The lowest BCUT2D eigenvalue weighted by atomic mass is 9.95. The summed E-state index contributed by atoms with van der Waals surface area (Å²) >= 11 is 1.64. The van der Waals surface area contributed by atoms with Crippen LogP contribution in [0.3, 0.4) is 0 Å². The molecule has 1 aliphatic rings. The van der Waals surface area contributed by atoms with Crippen LogP contribution in [0.2, 0.25) is 0 Å². The summed E-state index contributed by atoms with van der Waals surface area (Å²) in [5, 5.41) is 2.99. The summed E-state index contributed by atoms with van der Waals surface area (Å²) in [6.07, 6.45) is 3.63. The van der Waals surface area contributed by atoms with E-state index >= 15 is 0 Å². The molecular weight excluding hydrogens is 285 g/mol. The van der Waals surface area contributed by atoms with E-state index in [4.69, 9.17) is 0 Å². The average molecular weight is 301 g/mol. The van der Waals surface area contributed by atoms with Crippen LogP contribution in [0.15, 0.2) is 53.4 Å². The van der Waals surface area contributed by atoms with Crippen LogP contribution >= 0.6 is 11.8 Å². The van der Waals surface area contributed by atoms with E-state index in [9.17, 15) is 9.18 Å². The highest BCUT2D eigenvalue weighted by atomic mass is 32.2. The van der Waals surface area contributed by atoms with E-state index in [-0.39, 0.29) is 11.7 Å². The fourth-order valence-corrected chi connectivity index (χ4v) is 2.95. The van der Waals surface area contributed by atoms with Crippen molar-refractivity contribution in [2.24, 2.45) is 0 Å². The lowest BCUT2D eigenvalue weighted by molar-refractivity contribution is -0.118. The topological polar surface area (TPSA) is 29.1 Å². The molecule has 0 heterocycles. The predicted molar refractivity (Wildman–Crippen MR) is 84.2 cm³/mol. The molecule has 21 heavy (non-hydrogen) atoms. The molecule has 0 atom stereocenters. The van der Waals surface area contributed by atoms with Gasteiger partial charge in [0.15, 0.2) is 0 Å². The fraction of sp³-hybridized carbons (Fsp3) is 0.235. The molecule has 1 amide bonds. The second-order valence-electron chi connectivity index (χ2n) is 5.28. The number of amides is 1. The van der Waals surface area contributed by atoms with E-state index < -0.39 is 5.41 Å². The molecule has 0 bridgehead atoms. The van der Waals surface area contributed by atoms with Gasteiger partial charge in [-0.05, 0) is 55.0 Å². The molecular formula is C17H16FNOS. The van der Waals surface area contributed by atoms with Gasteiger partial charge in [0.25, 0.3) is 0 Å². The number of anilines is 1. The van der Waals surface area contributed by atoms with Gasteiger partial charge < -0.3 is 5.32 Å². The third kappa shape index (κ3) is 2.81.